The number of carboxylic acids is 1. The minimum atomic E-state index is -1.35. The number of ether oxygens (including phenoxy) is 1. The molecule has 0 saturated heterocycles. The van der Waals surface area contributed by atoms with E-state index < -0.39 is 24.1 Å². The van der Waals surface area contributed by atoms with Crippen molar-refractivity contribution in [2.75, 3.05) is 6.61 Å². The van der Waals surface area contributed by atoms with Gasteiger partial charge in [0.1, 0.15) is 12.4 Å². The van der Waals surface area contributed by atoms with Crippen LogP contribution in [-0.2, 0) is 4.79 Å². The maximum Gasteiger partial charge on any atom is 0.328 e. The molecule has 2 rings (SSSR count). The summed E-state index contributed by atoms with van der Waals surface area (Å²) in [7, 11) is 0. The van der Waals surface area contributed by atoms with E-state index in [4.69, 9.17) is 9.84 Å². The fourth-order valence-corrected chi connectivity index (χ4v) is 2.01. The quantitative estimate of drug-likeness (QED) is 0.632. The van der Waals surface area contributed by atoms with Crippen LogP contribution in [0.4, 0.5) is 4.79 Å². The highest BCUT2D eigenvalue weighted by molar-refractivity contribution is 5.83. The minimum absolute atomic E-state index is 0.291. The molecule has 0 spiro atoms. The number of nitrogens with one attached hydrogen (secondary N) is 2. The number of benzene rings is 1. The van der Waals surface area contributed by atoms with E-state index in [1.54, 1.807) is 6.07 Å². The molecule has 0 aromatic heterocycles. The standard InChI is InChI=1S/C13H16N2O5/c1-7(16)11(12(17)18)15-13(19)14-9-6-20-10-5-3-2-4-8(9)10/h2-5,7,9,11,16H,6H2,1H3,(H,17,18)(H2,14,15,19)/t7-,9?,11+/m1/s1. The van der Waals surface area contributed by atoms with Gasteiger partial charge in [-0.2, -0.15) is 0 Å². The molecule has 7 nitrogen and oxygen atoms in total. The van der Waals surface area contributed by atoms with Gasteiger partial charge in [0.2, 0.25) is 0 Å². The molecule has 4 N–H and O–H groups in total. The lowest BCUT2D eigenvalue weighted by Crippen LogP contribution is -2.51. The van der Waals surface area contributed by atoms with Gasteiger partial charge in [-0.15, -0.1) is 0 Å². The third-order valence-corrected chi connectivity index (χ3v) is 3.04. The number of aliphatic carboxylic acids is 1. The number of para-hydroxylation sites is 1. The zero-order valence-corrected chi connectivity index (χ0v) is 10.9. The molecule has 1 aliphatic rings. The van der Waals surface area contributed by atoms with E-state index in [1.807, 2.05) is 18.2 Å². The first kappa shape index (κ1) is 14.1. The molecule has 0 radical (unpaired) electrons. The highest BCUT2D eigenvalue weighted by Crippen LogP contribution is 2.31. The van der Waals surface area contributed by atoms with Crippen LogP contribution in [-0.4, -0.2) is 41.0 Å². The fourth-order valence-electron chi connectivity index (χ4n) is 2.01. The average Bonchev–Trinajstić information content (AvgIpc) is 2.79. The van der Waals surface area contributed by atoms with Crippen molar-refractivity contribution < 1.29 is 24.5 Å². The maximum absolute atomic E-state index is 11.8. The molecule has 7 heteroatoms. The topological polar surface area (TPSA) is 108 Å². The second-order valence-corrected chi connectivity index (χ2v) is 4.58. The Morgan fingerprint density at radius 3 is 2.75 bits per heavy atom. The summed E-state index contributed by atoms with van der Waals surface area (Å²) in [5.74, 6) is -0.596. The number of rotatable bonds is 4. The predicted octanol–water partition coefficient (Wildman–Crippen LogP) is 0.253. The summed E-state index contributed by atoms with van der Waals surface area (Å²) in [6.45, 7) is 1.59. The molecule has 0 aliphatic carbocycles. The van der Waals surface area contributed by atoms with Gasteiger partial charge in [0.05, 0.1) is 12.1 Å². The molecule has 0 bridgehead atoms. The van der Waals surface area contributed by atoms with E-state index in [-0.39, 0.29) is 6.04 Å². The van der Waals surface area contributed by atoms with Gasteiger partial charge >= 0.3 is 12.0 Å². The Hall–Kier alpha value is -2.28. The second kappa shape index (κ2) is 5.79. The van der Waals surface area contributed by atoms with Crippen LogP contribution in [0.15, 0.2) is 24.3 Å². The summed E-state index contributed by atoms with van der Waals surface area (Å²) in [6, 6.07) is 4.93. The predicted molar refractivity (Wildman–Crippen MR) is 69.5 cm³/mol. The van der Waals surface area contributed by atoms with Crippen LogP contribution in [0, 0.1) is 0 Å². The summed E-state index contributed by atoms with van der Waals surface area (Å²) >= 11 is 0. The molecule has 2 amide bonds. The average molecular weight is 280 g/mol. The van der Waals surface area contributed by atoms with Crippen molar-refractivity contribution in [3.05, 3.63) is 29.8 Å². The first-order chi connectivity index (χ1) is 9.49. The SMILES string of the molecule is C[C@@H](O)[C@H](NC(=O)NC1COc2ccccc21)C(=O)O. The number of aliphatic hydroxyl groups is 1. The highest BCUT2D eigenvalue weighted by atomic mass is 16.5. The maximum atomic E-state index is 11.8. The molecule has 1 aromatic rings. The molecule has 20 heavy (non-hydrogen) atoms. The van der Waals surface area contributed by atoms with Gasteiger partial charge in [0.15, 0.2) is 6.04 Å². The molecule has 108 valence electrons. The summed E-state index contributed by atoms with van der Waals surface area (Å²) < 4.78 is 5.40. The van der Waals surface area contributed by atoms with Crippen LogP contribution in [0.3, 0.4) is 0 Å². The van der Waals surface area contributed by atoms with Gasteiger partial charge < -0.3 is 25.6 Å². The van der Waals surface area contributed by atoms with Crippen molar-refractivity contribution in [3.8, 4) is 5.75 Å². The van der Waals surface area contributed by atoms with E-state index in [0.717, 1.165) is 5.56 Å². The zero-order valence-electron chi connectivity index (χ0n) is 10.9. The number of carbonyl (C=O) groups excluding carboxylic acids is 1. The number of fused-ring (bicyclic) bond motifs is 1. The molecule has 1 unspecified atom stereocenters. The Morgan fingerprint density at radius 1 is 1.40 bits per heavy atom. The van der Waals surface area contributed by atoms with Crippen LogP contribution in [0.5, 0.6) is 5.75 Å². The first-order valence-electron chi connectivity index (χ1n) is 6.18. The van der Waals surface area contributed by atoms with Crippen LogP contribution >= 0.6 is 0 Å². The number of amides is 2. The van der Waals surface area contributed by atoms with E-state index in [2.05, 4.69) is 10.6 Å². The summed E-state index contributed by atoms with van der Waals surface area (Å²) in [5, 5.41) is 23.0. The Morgan fingerprint density at radius 2 is 2.10 bits per heavy atom. The van der Waals surface area contributed by atoms with Crippen molar-refractivity contribution in [1.29, 1.82) is 0 Å². The second-order valence-electron chi connectivity index (χ2n) is 4.58. The Kier molecular flexibility index (Phi) is 4.09. The van der Waals surface area contributed by atoms with Gasteiger partial charge in [0.25, 0.3) is 0 Å². The normalized spacial score (nSPS) is 19.4. The molecule has 3 atom stereocenters. The van der Waals surface area contributed by atoms with Gasteiger partial charge in [-0.25, -0.2) is 9.59 Å². The summed E-state index contributed by atoms with van der Waals surface area (Å²) in [6.07, 6.45) is -1.19. The number of hydrogen-bond acceptors (Lipinski definition) is 4. The lowest BCUT2D eigenvalue weighted by atomic mass is 10.1. The first-order valence-corrected chi connectivity index (χ1v) is 6.18. The van der Waals surface area contributed by atoms with Crippen LogP contribution in [0.2, 0.25) is 0 Å². The van der Waals surface area contributed by atoms with Crippen molar-refractivity contribution in [1.82, 2.24) is 10.6 Å². The third-order valence-electron chi connectivity index (χ3n) is 3.04. The number of aliphatic hydroxyl groups excluding tert-OH is 1. The highest BCUT2D eigenvalue weighted by Gasteiger charge is 2.28. The summed E-state index contributed by atoms with van der Waals surface area (Å²) in [4.78, 5) is 22.7. The van der Waals surface area contributed by atoms with E-state index in [0.29, 0.717) is 12.4 Å². The lowest BCUT2D eigenvalue weighted by Gasteiger charge is -2.19. The fraction of sp³-hybridized carbons (Fsp3) is 0.385. The number of carboxylic acid groups (broad SMARTS) is 1. The van der Waals surface area contributed by atoms with Crippen LogP contribution in [0.1, 0.15) is 18.5 Å². The van der Waals surface area contributed by atoms with Crippen LogP contribution in [0.25, 0.3) is 0 Å². The van der Waals surface area contributed by atoms with Crippen LogP contribution < -0.4 is 15.4 Å². The van der Waals surface area contributed by atoms with Gasteiger partial charge in [0, 0.05) is 5.56 Å². The number of carbonyl (C=O) groups is 2. The Balaban J connectivity index is 1.98. The van der Waals surface area contributed by atoms with Gasteiger partial charge in [-0.05, 0) is 13.0 Å². The minimum Gasteiger partial charge on any atom is -0.491 e. The van der Waals surface area contributed by atoms with E-state index in [9.17, 15) is 14.7 Å². The lowest BCUT2D eigenvalue weighted by molar-refractivity contribution is -0.141. The summed E-state index contributed by atoms with van der Waals surface area (Å²) in [5.41, 5.74) is 0.839. The molecule has 1 aromatic carbocycles. The monoisotopic (exact) mass is 280 g/mol. The van der Waals surface area contributed by atoms with Crippen molar-refractivity contribution >= 4 is 12.0 Å². The Labute approximate surface area is 115 Å². The number of urea groups is 1. The molecule has 1 aliphatic heterocycles. The molecule has 0 saturated carbocycles. The van der Waals surface area contributed by atoms with Crippen molar-refractivity contribution in [3.63, 3.8) is 0 Å². The van der Waals surface area contributed by atoms with Crippen molar-refractivity contribution in [2.24, 2.45) is 0 Å². The third kappa shape index (κ3) is 3.00. The van der Waals surface area contributed by atoms with Crippen molar-refractivity contribution in [2.45, 2.75) is 25.1 Å². The van der Waals surface area contributed by atoms with E-state index in [1.165, 1.54) is 6.92 Å². The molecular formula is C13H16N2O5. The zero-order chi connectivity index (χ0) is 14.7. The smallest absolute Gasteiger partial charge is 0.328 e. The van der Waals surface area contributed by atoms with Gasteiger partial charge in [-0.3, -0.25) is 0 Å². The van der Waals surface area contributed by atoms with E-state index >= 15 is 0 Å². The molecule has 0 fully saturated rings. The largest absolute Gasteiger partial charge is 0.491 e. The number of hydrogen-bond donors (Lipinski definition) is 4. The molecule has 1 heterocycles. The Bertz CT molecular complexity index is 517. The molecular weight excluding hydrogens is 264 g/mol. The van der Waals surface area contributed by atoms with Gasteiger partial charge in [-0.1, -0.05) is 18.2 Å².